The highest BCUT2D eigenvalue weighted by Gasteiger charge is 2.36. The number of carboxylic acids is 1. The Morgan fingerprint density at radius 1 is 1.73 bits per heavy atom. The van der Waals surface area contributed by atoms with Gasteiger partial charge in [0.1, 0.15) is 0 Å². The largest absolute Gasteiger partial charge is 0.481 e. The van der Waals surface area contributed by atoms with Crippen molar-refractivity contribution < 1.29 is 14.6 Å². The SMILES string of the molecule is CC1(C)CCOC1CC(=O)O. The summed E-state index contributed by atoms with van der Waals surface area (Å²) >= 11 is 0. The molecule has 1 N–H and O–H groups in total. The molecule has 0 aromatic carbocycles. The van der Waals surface area contributed by atoms with Crippen molar-refractivity contribution >= 4 is 5.97 Å². The summed E-state index contributed by atoms with van der Waals surface area (Å²) < 4.78 is 5.30. The molecule has 1 rings (SSSR count). The Labute approximate surface area is 66.4 Å². The van der Waals surface area contributed by atoms with Gasteiger partial charge in [0.25, 0.3) is 0 Å². The average molecular weight is 158 g/mol. The molecule has 0 aromatic rings. The van der Waals surface area contributed by atoms with E-state index in [2.05, 4.69) is 0 Å². The summed E-state index contributed by atoms with van der Waals surface area (Å²) in [5.41, 5.74) is 0.0401. The first-order chi connectivity index (χ1) is 5.02. The van der Waals surface area contributed by atoms with Crippen LogP contribution in [-0.4, -0.2) is 23.8 Å². The highest BCUT2D eigenvalue weighted by Crippen LogP contribution is 2.35. The van der Waals surface area contributed by atoms with Crippen LogP contribution in [0.1, 0.15) is 26.7 Å². The Kier molecular flexibility index (Phi) is 2.18. The summed E-state index contributed by atoms with van der Waals surface area (Å²) in [4.78, 5) is 10.4. The Morgan fingerprint density at radius 2 is 2.36 bits per heavy atom. The van der Waals surface area contributed by atoms with Crippen LogP contribution in [0, 0.1) is 5.41 Å². The lowest BCUT2D eigenvalue weighted by molar-refractivity contribution is -0.140. The third-order valence-electron chi connectivity index (χ3n) is 2.30. The lowest BCUT2D eigenvalue weighted by Gasteiger charge is -2.23. The first kappa shape index (κ1) is 8.53. The van der Waals surface area contributed by atoms with Crippen LogP contribution in [0.4, 0.5) is 0 Å². The Balaban J connectivity index is 2.51. The van der Waals surface area contributed by atoms with Gasteiger partial charge in [-0.05, 0) is 11.8 Å². The van der Waals surface area contributed by atoms with Gasteiger partial charge in [-0.15, -0.1) is 0 Å². The number of ether oxygens (including phenoxy) is 1. The fraction of sp³-hybridized carbons (Fsp3) is 0.875. The summed E-state index contributed by atoms with van der Waals surface area (Å²) in [6, 6.07) is 0. The minimum Gasteiger partial charge on any atom is -0.481 e. The van der Waals surface area contributed by atoms with Crippen molar-refractivity contribution in [2.75, 3.05) is 6.61 Å². The second kappa shape index (κ2) is 2.81. The zero-order valence-electron chi connectivity index (χ0n) is 6.96. The van der Waals surface area contributed by atoms with Crippen molar-refractivity contribution in [1.82, 2.24) is 0 Å². The molecule has 1 fully saturated rings. The zero-order chi connectivity index (χ0) is 8.48. The van der Waals surface area contributed by atoms with Gasteiger partial charge in [-0.3, -0.25) is 4.79 Å². The van der Waals surface area contributed by atoms with E-state index in [-0.39, 0.29) is 17.9 Å². The first-order valence-electron chi connectivity index (χ1n) is 3.86. The summed E-state index contributed by atoms with van der Waals surface area (Å²) in [5, 5.41) is 8.53. The van der Waals surface area contributed by atoms with Crippen molar-refractivity contribution in [3.05, 3.63) is 0 Å². The van der Waals surface area contributed by atoms with Gasteiger partial charge < -0.3 is 9.84 Å². The molecular formula is C8H14O3. The molecule has 11 heavy (non-hydrogen) atoms. The van der Waals surface area contributed by atoms with Crippen molar-refractivity contribution in [2.45, 2.75) is 32.8 Å². The lowest BCUT2D eigenvalue weighted by atomic mass is 9.84. The predicted molar refractivity (Wildman–Crippen MR) is 40.4 cm³/mol. The predicted octanol–water partition coefficient (Wildman–Crippen LogP) is 1.28. The number of carboxylic acid groups (broad SMARTS) is 1. The number of rotatable bonds is 2. The molecule has 0 aromatic heterocycles. The second-order valence-electron chi connectivity index (χ2n) is 3.70. The van der Waals surface area contributed by atoms with Crippen LogP contribution in [0.25, 0.3) is 0 Å². The van der Waals surface area contributed by atoms with E-state index >= 15 is 0 Å². The summed E-state index contributed by atoms with van der Waals surface area (Å²) in [7, 11) is 0. The quantitative estimate of drug-likeness (QED) is 0.658. The maximum atomic E-state index is 10.4. The monoisotopic (exact) mass is 158 g/mol. The Hall–Kier alpha value is -0.570. The van der Waals surface area contributed by atoms with E-state index in [4.69, 9.17) is 9.84 Å². The van der Waals surface area contributed by atoms with Crippen LogP contribution in [0.3, 0.4) is 0 Å². The maximum absolute atomic E-state index is 10.4. The van der Waals surface area contributed by atoms with Gasteiger partial charge in [-0.2, -0.15) is 0 Å². The molecule has 64 valence electrons. The molecule has 3 heteroatoms. The van der Waals surface area contributed by atoms with Gasteiger partial charge in [-0.1, -0.05) is 13.8 Å². The zero-order valence-corrected chi connectivity index (χ0v) is 6.96. The van der Waals surface area contributed by atoms with E-state index in [1.807, 2.05) is 13.8 Å². The van der Waals surface area contributed by atoms with Crippen LogP contribution in [0.5, 0.6) is 0 Å². The molecular weight excluding hydrogens is 144 g/mol. The fourth-order valence-corrected chi connectivity index (χ4v) is 1.34. The van der Waals surface area contributed by atoms with E-state index in [0.29, 0.717) is 6.61 Å². The minimum atomic E-state index is -0.773. The van der Waals surface area contributed by atoms with Gasteiger partial charge in [0.15, 0.2) is 0 Å². The molecule has 0 spiro atoms. The van der Waals surface area contributed by atoms with Crippen molar-refractivity contribution in [3.63, 3.8) is 0 Å². The molecule has 0 radical (unpaired) electrons. The summed E-state index contributed by atoms with van der Waals surface area (Å²) in [6.07, 6.45) is 0.998. The number of hydrogen-bond donors (Lipinski definition) is 1. The van der Waals surface area contributed by atoms with Gasteiger partial charge in [-0.25, -0.2) is 0 Å². The summed E-state index contributed by atoms with van der Waals surface area (Å²) in [6.45, 7) is 4.80. The normalized spacial score (nSPS) is 28.7. The average Bonchev–Trinajstić information content (AvgIpc) is 2.10. The summed E-state index contributed by atoms with van der Waals surface area (Å²) in [5.74, 6) is -0.773. The second-order valence-corrected chi connectivity index (χ2v) is 3.70. The van der Waals surface area contributed by atoms with E-state index < -0.39 is 5.97 Å². The maximum Gasteiger partial charge on any atom is 0.306 e. The molecule has 1 heterocycles. The molecule has 1 aliphatic rings. The van der Waals surface area contributed by atoms with E-state index in [0.717, 1.165) is 6.42 Å². The smallest absolute Gasteiger partial charge is 0.306 e. The standard InChI is InChI=1S/C8H14O3/c1-8(2)3-4-11-6(8)5-7(9)10/h6H,3-5H2,1-2H3,(H,9,10). The Morgan fingerprint density at radius 3 is 2.73 bits per heavy atom. The fourth-order valence-electron chi connectivity index (χ4n) is 1.34. The van der Waals surface area contributed by atoms with Crippen LogP contribution >= 0.6 is 0 Å². The van der Waals surface area contributed by atoms with Gasteiger partial charge in [0, 0.05) is 6.61 Å². The van der Waals surface area contributed by atoms with Crippen molar-refractivity contribution in [1.29, 1.82) is 0 Å². The molecule has 1 atom stereocenters. The number of hydrogen-bond acceptors (Lipinski definition) is 2. The molecule has 1 saturated heterocycles. The van der Waals surface area contributed by atoms with E-state index in [9.17, 15) is 4.79 Å². The first-order valence-corrected chi connectivity index (χ1v) is 3.86. The van der Waals surface area contributed by atoms with E-state index in [1.165, 1.54) is 0 Å². The molecule has 0 aliphatic carbocycles. The third-order valence-corrected chi connectivity index (χ3v) is 2.30. The van der Waals surface area contributed by atoms with Crippen molar-refractivity contribution in [2.24, 2.45) is 5.41 Å². The highest BCUT2D eigenvalue weighted by atomic mass is 16.5. The molecule has 1 aliphatic heterocycles. The highest BCUT2D eigenvalue weighted by molar-refractivity contribution is 5.67. The lowest BCUT2D eigenvalue weighted by Crippen LogP contribution is -2.26. The minimum absolute atomic E-state index is 0.0401. The van der Waals surface area contributed by atoms with Crippen LogP contribution in [0.2, 0.25) is 0 Å². The third kappa shape index (κ3) is 1.93. The van der Waals surface area contributed by atoms with Gasteiger partial charge >= 0.3 is 5.97 Å². The van der Waals surface area contributed by atoms with Crippen LogP contribution in [0.15, 0.2) is 0 Å². The van der Waals surface area contributed by atoms with E-state index in [1.54, 1.807) is 0 Å². The topological polar surface area (TPSA) is 46.5 Å². The molecule has 0 amide bonds. The van der Waals surface area contributed by atoms with Gasteiger partial charge in [0.05, 0.1) is 12.5 Å². The van der Waals surface area contributed by atoms with Crippen molar-refractivity contribution in [3.8, 4) is 0 Å². The van der Waals surface area contributed by atoms with Crippen LogP contribution in [-0.2, 0) is 9.53 Å². The molecule has 1 unspecified atom stereocenters. The number of carbonyl (C=O) groups is 1. The number of aliphatic carboxylic acids is 1. The van der Waals surface area contributed by atoms with Crippen LogP contribution < -0.4 is 0 Å². The molecule has 0 bridgehead atoms. The molecule has 3 nitrogen and oxygen atoms in total. The molecule has 0 saturated carbocycles. The Bertz CT molecular complexity index is 163. The van der Waals surface area contributed by atoms with Gasteiger partial charge in [0.2, 0.25) is 0 Å².